The number of carbonyl (C=O) groups is 1. The summed E-state index contributed by atoms with van der Waals surface area (Å²) in [6.07, 6.45) is 1.40. The van der Waals surface area contributed by atoms with Crippen molar-refractivity contribution in [1.29, 1.82) is 0 Å². The van der Waals surface area contributed by atoms with Crippen molar-refractivity contribution >= 4 is 38.8 Å². The zero-order valence-electron chi connectivity index (χ0n) is 10.7. The third-order valence-corrected chi connectivity index (χ3v) is 4.23. The lowest BCUT2D eigenvalue weighted by Gasteiger charge is -2.25. The molecule has 4 N–H and O–H groups in total. The molecule has 5 nitrogen and oxygen atoms in total. The highest BCUT2D eigenvalue weighted by Gasteiger charge is 2.18. The number of nitrogens with two attached hydrogens (primary N) is 1. The Balaban J connectivity index is 1.83. The van der Waals surface area contributed by atoms with Crippen LogP contribution in [0.15, 0.2) is 12.1 Å². The van der Waals surface area contributed by atoms with Gasteiger partial charge in [-0.15, -0.1) is 11.3 Å². The van der Waals surface area contributed by atoms with Gasteiger partial charge in [0.1, 0.15) is 0 Å². The number of thiazole rings is 1. The van der Waals surface area contributed by atoms with Crippen molar-refractivity contribution in [3.8, 4) is 0 Å². The summed E-state index contributed by atoms with van der Waals surface area (Å²) >= 11 is 1.65. The molecule has 6 heteroatoms. The van der Waals surface area contributed by atoms with Crippen LogP contribution in [0, 0.1) is 6.92 Å². The fourth-order valence-electron chi connectivity index (χ4n) is 2.31. The van der Waals surface area contributed by atoms with Crippen LogP contribution in [-0.4, -0.2) is 23.5 Å². The largest absolute Gasteiger partial charge is 0.397 e. The number of nitrogens with zero attached hydrogens (tertiary/aromatic N) is 1. The minimum Gasteiger partial charge on any atom is -0.397 e. The minimum absolute atomic E-state index is 0.122. The number of fused-ring (bicyclic) bond motifs is 1. The molecule has 1 atom stereocenters. The molecule has 0 aliphatic carbocycles. The van der Waals surface area contributed by atoms with E-state index in [2.05, 4.69) is 15.6 Å². The van der Waals surface area contributed by atoms with Gasteiger partial charge >= 0.3 is 0 Å². The van der Waals surface area contributed by atoms with E-state index >= 15 is 0 Å². The summed E-state index contributed by atoms with van der Waals surface area (Å²) < 4.78 is 1.11. The van der Waals surface area contributed by atoms with Crippen LogP contribution in [0.3, 0.4) is 0 Å². The van der Waals surface area contributed by atoms with Crippen LogP contribution in [0.4, 0.5) is 11.4 Å². The lowest BCUT2D eigenvalue weighted by Crippen LogP contribution is -2.41. The van der Waals surface area contributed by atoms with Crippen molar-refractivity contribution in [3.05, 3.63) is 17.1 Å². The Morgan fingerprint density at radius 2 is 2.37 bits per heavy atom. The number of nitrogens with one attached hydrogen (secondary N) is 2. The number of anilines is 2. The molecule has 0 bridgehead atoms. The Kier molecular flexibility index (Phi) is 3.02. The van der Waals surface area contributed by atoms with Crippen molar-refractivity contribution in [2.24, 2.45) is 0 Å². The summed E-state index contributed by atoms with van der Waals surface area (Å²) in [7, 11) is 0. The molecule has 1 aromatic heterocycles. The molecule has 1 aliphatic heterocycles. The Bertz CT molecular complexity index is 627. The maximum atomic E-state index is 11.1. The highest BCUT2D eigenvalue weighted by Crippen LogP contribution is 2.30. The van der Waals surface area contributed by atoms with E-state index in [1.807, 2.05) is 19.1 Å². The van der Waals surface area contributed by atoms with Crippen LogP contribution in [0.5, 0.6) is 0 Å². The molecule has 1 saturated heterocycles. The van der Waals surface area contributed by atoms with Gasteiger partial charge in [-0.2, -0.15) is 0 Å². The molecule has 0 radical (unpaired) electrons. The molecular formula is C13H16N4OS. The number of piperidine rings is 1. The second-order valence-electron chi connectivity index (χ2n) is 4.82. The zero-order chi connectivity index (χ0) is 13.4. The first-order valence-electron chi connectivity index (χ1n) is 6.32. The topological polar surface area (TPSA) is 80.0 Å². The number of hydrogen-bond donors (Lipinski definition) is 3. The first-order valence-corrected chi connectivity index (χ1v) is 7.13. The first kappa shape index (κ1) is 12.2. The Morgan fingerprint density at radius 3 is 3.11 bits per heavy atom. The highest BCUT2D eigenvalue weighted by molar-refractivity contribution is 7.18. The van der Waals surface area contributed by atoms with E-state index in [1.54, 1.807) is 11.3 Å². The van der Waals surface area contributed by atoms with E-state index < -0.39 is 0 Å². The first-order chi connectivity index (χ1) is 9.11. The third-order valence-electron chi connectivity index (χ3n) is 3.29. The van der Waals surface area contributed by atoms with E-state index in [-0.39, 0.29) is 11.9 Å². The Labute approximate surface area is 115 Å². The Hall–Kier alpha value is -1.82. The predicted molar refractivity (Wildman–Crippen MR) is 78.4 cm³/mol. The summed E-state index contributed by atoms with van der Waals surface area (Å²) in [6.45, 7) is 2.64. The molecular weight excluding hydrogens is 260 g/mol. The van der Waals surface area contributed by atoms with Gasteiger partial charge in [0, 0.05) is 19.0 Å². The summed E-state index contributed by atoms with van der Waals surface area (Å²) in [5, 5.41) is 7.29. The molecule has 0 spiro atoms. The molecule has 2 aromatic rings. The molecule has 0 saturated carbocycles. The van der Waals surface area contributed by atoms with E-state index in [1.165, 1.54) is 0 Å². The molecule has 1 unspecified atom stereocenters. The molecule has 2 heterocycles. The van der Waals surface area contributed by atoms with Gasteiger partial charge in [-0.05, 0) is 25.5 Å². The van der Waals surface area contributed by atoms with Gasteiger partial charge in [-0.25, -0.2) is 4.98 Å². The van der Waals surface area contributed by atoms with Gasteiger partial charge in [0.2, 0.25) is 5.91 Å². The van der Waals surface area contributed by atoms with Crippen LogP contribution < -0.4 is 16.4 Å². The number of amides is 1. The van der Waals surface area contributed by atoms with Crippen molar-refractivity contribution in [2.45, 2.75) is 25.8 Å². The quantitative estimate of drug-likeness (QED) is 0.732. The van der Waals surface area contributed by atoms with E-state index in [0.29, 0.717) is 13.0 Å². The molecule has 19 heavy (non-hydrogen) atoms. The SMILES string of the molecule is Cc1nc2cc(NC3CCC(=O)NC3)c(N)cc2s1. The number of aromatic nitrogens is 1. The van der Waals surface area contributed by atoms with Crippen LogP contribution >= 0.6 is 11.3 Å². The highest BCUT2D eigenvalue weighted by atomic mass is 32.1. The molecule has 1 amide bonds. The van der Waals surface area contributed by atoms with Crippen molar-refractivity contribution in [1.82, 2.24) is 10.3 Å². The molecule has 1 fully saturated rings. The average molecular weight is 276 g/mol. The molecule has 100 valence electrons. The van der Waals surface area contributed by atoms with Crippen molar-refractivity contribution < 1.29 is 4.79 Å². The standard InChI is InChI=1S/C13H16N4OS/c1-7-16-11-5-10(9(14)4-12(11)19-7)17-8-2-3-13(18)15-6-8/h4-5,8,17H,2-3,6,14H2,1H3,(H,15,18). The number of aryl methyl sites for hydroxylation is 1. The van der Waals surface area contributed by atoms with Gasteiger partial charge in [0.25, 0.3) is 0 Å². The predicted octanol–water partition coefficient (Wildman–Crippen LogP) is 1.88. The summed E-state index contributed by atoms with van der Waals surface area (Å²) in [5.74, 6) is 0.122. The summed E-state index contributed by atoms with van der Waals surface area (Å²) in [5.41, 5.74) is 8.67. The second-order valence-corrected chi connectivity index (χ2v) is 6.06. The summed E-state index contributed by atoms with van der Waals surface area (Å²) in [6, 6.07) is 4.19. The molecule has 1 aromatic carbocycles. The maximum Gasteiger partial charge on any atom is 0.220 e. The van der Waals surface area contributed by atoms with Crippen molar-refractivity contribution in [2.75, 3.05) is 17.6 Å². The number of benzene rings is 1. The van der Waals surface area contributed by atoms with E-state index in [0.717, 1.165) is 33.0 Å². The molecule has 1 aliphatic rings. The van der Waals surface area contributed by atoms with Crippen LogP contribution in [0.2, 0.25) is 0 Å². The van der Waals surface area contributed by atoms with Crippen LogP contribution in [0.1, 0.15) is 17.8 Å². The fraction of sp³-hybridized carbons (Fsp3) is 0.385. The number of rotatable bonds is 2. The second kappa shape index (κ2) is 4.70. The number of hydrogen-bond acceptors (Lipinski definition) is 5. The van der Waals surface area contributed by atoms with Crippen molar-refractivity contribution in [3.63, 3.8) is 0 Å². The maximum absolute atomic E-state index is 11.1. The Morgan fingerprint density at radius 1 is 1.53 bits per heavy atom. The van der Waals surface area contributed by atoms with Crippen LogP contribution in [-0.2, 0) is 4.79 Å². The van der Waals surface area contributed by atoms with Gasteiger partial charge in [0.15, 0.2) is 0 Å². The molecule has 3 rings (SSSR count). The van der Waals surface area contributed by atoms with Gasteiger partial charge in [-0.3, -0.25) is 4.79 Å². The minimum atomic E-state index is 0.122. The normalized spacial score (nSPS) is 19.4. The zero-order valence-corrected chi connectivity index (χ0v) is 11.5. The van der Waals surface area contributed by atoms with Gasteiger partial charge in [0.05, 0.1) is 26.6 Å². The monoisotopic (exact) mass is 276 g/mol. The van der Waals surface area contributed by atoms with Gasteiger partial charge < -0.3 is 16.4 Å². The number of carbonyl (C=O) groups excluding carboxylic acids is 1. The lowest BCUT2D eigenvalue weighted by molar-refractivity contribution is -0.122. The van der Waals surface area contributed by atoms with Crippen LogP contribution in [0.25, 0.3) is 10.2 Å². The fourth-order valence-corrected chi connectivity index (χ4v) is 3.16. The average Bonchev–Trinajstić information content (AvgIpc) is 2.72. The number of nitrogen functional groups attached to an aromatic ring is 1. The smallest absolute Gasteiger partial charge is 0.220 e. The van der Waals surface area contributed by atoms with E-state index in [4.69, 9.17) is 5.73 Å². The third kappa shape index (κ3) is 2.49. The van der Waals surface area contributed by atoms with Gasteiger partial charge in [-0.1, -0.05) is 0 Å². The lowest BCUT2D eigenvalue weighted by atomic mass is 10.1. The summed E-state index contributed by atoms with van der Waals surface area (Å²) in [4.78, 5) is 15.6. The van der Waals surface area contributed by atoms with E-state index in [9.17, 15) is 4.79 Å².